The molecule has 0 fully saturated rings. The molecule has 1 atom stereocenters. The first-order chi connectivity index (χ1) is 8.61. The van der Waals surface area contributed by atoms with Gasteiger partial charge in [0.25, 0.3) is 6.43 Å². The second-order valence-electron chi connectivity index (χ2n) is 3.84. The Balaban J connectivity index is 2.20. The summed E-state index contributed by atoms with van der Waals surface area (Å²) in [6.45, 7) is 1.89. The van der Waals surface area contributed by atoms with Crippen molar-refractivity contribution in [2.24, 2.45) is 5.73 Å². The van der Waals surface area contributed by atoms with Crippen LogP contribution in [0.1, 0.15) is 42.2 Å². The quantitative estimate of drug-likeness (QED) is 0.909. The summed E-state index contributed by atoms with van der Waals surface area (Å²) in [7, 11) is 0. The third kappa shape index (κ3) is 2.53. The van der Waals surface area contributed by atoms with Crippen LogP contribution < -0.4 is 5.73 Å². The number of nitrogens with zero attached hydrogens (tertiary/aromatic N) is 2. The number of aryl methyl sites for hydroxylation is 1. The lowest BCUT2D eigenvalue weighted by Crippen LogP contribution is -2.13. The van der Waals surface area contributed by atoms with E-state index in [1.54, 1.807) is 12.1 Å². The SMILES string of the molecule is CCc1nc(C(N)c2ccc(C(F)F)cc2)no1. The van der Waals surface area contributed by atoms with E-state index >= 15 is 0 Å². The van der Waals surface area contributed by atoms with E-state index in [-0.39, 0.29) is 5.56 Å². The van der Waals surface area contributed by atoms with Gasteiger partial charge in [-0.1, -0.05) is 36.3 Å². The average molecular weight is 253 g/mol. The maximum Gasteiger partial charge on any atom is 0.263 e. The van der Waals surface area contributed by atoms with E-state index in [4.69, 9.17) is 10.3 Å². The standard InChI is InChI=1S/C12H13F2N3O/c1-2-9-16-12(17-18-9)10(15)7-3-5-8(6-4-7)11(13)14/h3-6,10-11H,2,15H2,1H3. The summed E-state index contributed by atoms with van der Waals surface area (Å²) in [6.07, 6.45) is -1.85. The Morgan fingerprint density at radius 1 is 1.22 bits per heavy atom. The Morgan fingerprint density at radius 3 is 2.33 bits per heavy atom. The predicted molar refractivity (Wildman–Crippen MR) is 61.1 cm³/mol. The number of nitrogens with two attached hydrogens (primary N) is 1. The molecule has 0 aliphatic carbocycles. The number of rotatable bonds is 4. The molecule has 0 aliphatic heterocycles. The molecule has 2 aromatic rings. The lowest BCUT2D eigenvalue weighted by atomic mass is 10.1. The average Bonchev–Trinajstić information content (AvgIpc) is 2.86. The lowest BCUT2D eigenvalue weighted by molar-refractivity contribution is 0.151. The highest BCUT2D eigenvalue weighted by molar-refractivity contribution is 5.28. The molecule has 0 aliphatic rings. The highest BCUT2D eigenvalue weighted by Crippen LogP contribution is 2.22. The number of halogens is 2. The van der Waals surface area contributed by atoms with Crippen molar-refractivity contribution in [3.63, 3.8) is 0 Å². The van der Waals surface area contributed by atoms with Crippen LogP contribution in [0.15, 0.2) is 28.8 Å². The first kappa shape index (κ1) is 12.6. The van der Waals surface area contributed by atoms with Gasteiger partial charge in [0, 0.05) is 12.0 Å². The minimum Gasteiger partial charge on any atom is -0.339 e. The monoisotopic (exact) mass is 253 g/mol. The van der Waals surface area contributed by atoms with Gasteiger partial charge in [-0.3, -0.25) is 0 Å². The highest BCUT2D eigenvalue weighted by Gasteiger charge is 2.16. The number of hydrogen-bond donors (Lipinski definition) is 1. The van der Waals surface area contributed by atoms with E-state index in [1.807, 2.05) is 6.92 Å². The van der Waals surface area contributed by atoms with Crippen LogP contribution in [0.3, 0.4) is 0 Å². The molecule has 1 unspecified atom stereocenters. The molecule has 1 heterocycles. The van der Waals surface area contributed by atoms with Gasteiger partial charge in [-0.25, -0.2) is 8.78 Å². The lowest BCUT2D eigenvalue weighted by Gasteiger charge is -2.08. The van der Waals surface area contributed by atoms with Crippen LogP contribution in [-0.2, 0) is 6.42 Å². The smallest absolute Gasteiger partial charge is 0.263 e. The molecule has 1 aromatic carbocycles. The normalized spacial score (nSPS) is 12.9. The molecule has 0 amide bonds. The first-order valence-corrected chi connectivity index (χ1v) is 5.58. The summed E-state index contributed by atoms with van der Waals surface area (Å²) in [5, 5.41) is 3.76. The van der Waals surface area contributed by atoms with Gasteiger partial charge >= 0.3 is 0 Å². The van der Waals surface area contributed by atoms with Crippen molar-refractivity contribution in [2.75, 3.05) is 0 Å². The Kier molecular flexibility index (Phi) is 3.66. The summed E-state index contributed by atoms with van der Waals surface area (Å²) in [4.78, 5) is 4.11. The van der Waals surface area contributed by atoms with E-state index < -0.39 is 12.5 Å². The number of aromatic nitrogens is 2. The van der Waals surface area contributed by atoms with Gasteiger partial charge in [-0.15, -0.1) is 0 Å². The maximum absolute atomic E-state index is 12.4. The van der Waals surface area contributed by atoms with Crippen molar-refractivity contribution in [1.82, 2.24) is 10.1 Å². The van der Waals surface area contributed by atoms with Crippen LogP contribution in [0.2, 0.25) is 0 Å². The minimum absolute atomic E-state index is 0.0340. The molecular formula is C12H13F2N3O. The van der Waals surface area contributed by atoms with Crippen LogP contribution in [0.25, 0.3) is 0 Å². The zero-order valence-corrected chi connectivity index (χ0v) is 9.81. The molecule has 1 aromatic heterocycles. The molecule has 4 nitrogen and oxygen atoms in total. The fourth-order valence-corrected chi connectivity index (χ4v) is 1.54. The molecular weight excluding hydrogens is 240 g/mol. The molecule has 0 saturated carbocycles. The Morgan fingerprint density at radius 2 is 1.83 bits per heavy atom. The van der Waals surface area contributed by atoms with Crippen LogP contribution in [0.5, 0.6) is 0 Å². The maximum atomic E-state index is 12.4. The fourth-order valence-electron chi connectivity index (χ4n) is 1.54. The minimum atomic E-state index is -2.48. The zero-order valence-electron chi connectivity index (χ0n) is 9.81. The molecule has 18 heavy (non-hydrogen) atoms. The molecule has 6 heteroatoms. The molecule has 2 N–H and O–H groups in total. The summed E-state index contributed by atoms with van der Waals surface area (Å²) in [6, 6.07) is 5.23. The van der Waals surface area contributed by atoms with Gasteiger partial charge in [-0.05, 0) is 5.56 Å². The van der Waals surface area contributed by atoms with E-state index in [9.17, 15) is 8.78 Å². The van der Waals surface area contributed by atoms with E-state index in [0.29, 0.717) is 23.7 Å². The van der Waals surface area contributed by atoms with Crippen LogP contribution in [0.4, 0.5) is 8.78 Å². The van der Waals surface area contributed by atoms with Gasteiger partial charge in [0.1, 0.15) is 0 Å². The Bertz CT molecular complexity index is 510. The summed E-state index contributed by atoms with van der Waals surface area (Å²) in [5.41, 5.74) is 6.57. The topological polar surface area (TPSA) is 64.9 Å². The van der Waals surface area contributed by atoms with Gasteiger partial charge in [0.05, 0.1) is 6.04 Å². The number of alkyl halides is 2. The third-order valence-electron chi connectivity index (χ3n) is 2.61. The van der Waals surface area contributed by atoms with Crippen molar-refractivity contribution in [2.45, 2.75) is 25.8 Å². The molecule has 96 valence electrons. The second-order valence-corrected chi connectivity index (χ2v) is 3.84. The zero-order chi connectivity index (χ0) is 13.1. The van der Waals surface area contributed by atoms with Crippen molar-refractivity contribution < 1.29 is 13.3 Å². The summed E-state index contributed by atoms with van der Waals surface area (Å²) < 4.78 is 29.8. The van der Waals surface area contributed by atoms with E-state index in [0.717, 1.165) is 0 Å². The molecule has 0 spiro atoms. The molecule has 2 rings (SSSR count). The predicted octanol–water partition coefficient (Wildman–Crippen LogP) is 2.62. The molecule has 0 bridgehead atoms. The molecule has 0 radical (unpaired) electrons. The Hall–Kier alpha value is -1.82. The van der Waals surface area contributed by atoms with Crippen molar-refractivity contribution in [1.29, 1.82) is 0 Å². The van der Waals surface area contributed by atoms with Crippen molar-refractivity contribution >= 4 is 0 Å². The van der Waals surface area contributed by atoms with Crippen molar-refractivity contribution in [3.05, 3.63) is 47.1 Å². The number of hydrogen-bond acceptors (Lipinski definition) is 4. The summed E-state index contributed by atoms with van der Waals surface area (Å²) in [5.74, 6) is 0.862. The van der Waals surface area contributed by atoms with E-state index in [1.165, 1.54) is 12.1 Å². The van der Waals surface area contributed by atoms with Gasteiger partial charge in [-0.2, -0.15) is 4.98 Å². The van der Waals surface area contributed by atoms with Crippen LogP contribution in [-0.4, -0.2) is 10.1 Å². The van der Waals surface area contributed by atoms with Gasteiger partial charge in [0.2, 0.25) is 5.89 Å². The van der Waals surface area contributed by atoms with Crippen molar-refractivity contribution in [3.8, 4) is 0 Å². The second kappa shape index (κ2) is 5.22. The molecule has 0 saturated heterocycles. The number of benzene rings is 1. The van der Waals surface area contributed by atoms with Crippen LogP contribution >= 0.6 is 0 Å². The van der Waals surface area contributed by atoms with Crippen LogP contribution in [0, 0.1) is 0 Å². The van der Waals surface area contributed by atoms with E-state index in [2.05, 4.69) is 10.1 Å². The first-order valence-electron chi connectivity index (χ1n) is 5.58. The van der Waals surface area contributed by atoms with Gasteiger partial charge in [0.15, 0.2) is 5.82 Å². The highest BCUT2D eigenvalue weighted by atomic mass is 19.3. The third-order valence-corrected chi connectivity index (χ3v) is 2.61. The largest absolute Gasteiger partial charge is 0.339 e. The summed E-state index contributed by atoms with van der Waals surface area (Å²) >= 11 is 0. The Labute approximate surface area is 103 Å². The van der Waals surface area contributed by atoms with Gasteiger partial charge < -0.3 is 10.3 Å². The fraction of sp³-hybridized carbons (Fsp3) is 0.333.